The largest absolute Gasteiger partial charge is 0.393 e. The second kappa shape index (κ2) is 4.63. The zero-order chi connectivity index (χ0) is 8.97. The second-order valence-electron chi connectivity index (χ2n) is 3.63. The summed E-state index contributed by atoms with van der Waals surface area (Å²) in [6, 6.07) is 0. The van der Waals surface area contributed by atoms with Crippen molar-refractivity contribution in [2.45, 2.75) is 32.3 Å². The summed E-state index contributed by atoms with van der Waals surface area (Å²) in [4.78, 5) is 0. The first-order valence-electron chi connectivity index (χ1n) is 4.79. The molecule has 0 aromatic carbocycles. The van der Waals surface area contributed by atoms with Crippen molar-refractivity contribution in [3.05, 3.63) is 12.2 Å². The Bertz CT molecular complexity index is 156. The van der Waals surface area contributed by atoms with Crippen molar-refractivity contribution in [3.8, 4) is 0 Å². The van der Waals surface area contributed by atoms with Crippen molar-refractivity contribution in [2.24, 2.45) is 5.92 Å². The van der Waals surface area contributed by atoms with Crippen LogP contribution in [0.5, 0.6) is 0 Å². The van der Waals surface area contributed by atoms with Gasteiger partial charge in [-0.1, -0.05) is 19.1 Å². The molecule has 2 nitrogen and oxygen atoms in total. The number of rotatable bonds is 3. The maximum Gasteiger partial charge on any atom is 0.0595 e. The first-order valence-corrected chi connectivity index (χ1v) is 4.79. The molecule has 1 aliphatic rings. The average molecular weight is 169 g/mol. The van der Waals surface area contributed by atoms with Gasteiger partial charge in [-0.3, -0.25) is 0 Å². The van der Waals surface area contributed by atoms with Gasteiger partial charge in [0.15, 0.2) is 0 Å². The standard InChI is InChI=1S/C10H19NO/c1-3-8(2)6-9-7-11-5-4-10(9)12/h9-12H,2-7H2,1H3. The first-order chi connectivity index (χ1) is 5.74. The number of piperidine rings is 1. The van der Waals surface area contributed by atoms with Gasteiger partial charge < -0.3 is 10.4 Å². The highest BCUT2D eigenvalue weighted by Crippen LogP contribution is 2.20. The van der Waals surface area contributed by atoms with Gasteiger partial charge in [-0.25, -0.2) is 0 Å². The molecule has 0 aliphatic carbocycles. The third-order valence-electron chi connectivity index (χ3n) is 2.62. The van der Waals surface area contributed by atoms with Crippen LogP contribution in [0, 0.1) is 5.92 Å². The third kappa shape index (κ3) is 2.61. The monoisotopic (exact) mass is 169 g/mol. The van der Waals surface area contributed by atoms with Gasteiger partial charge in [-0.2, -0.15) is 0 Å². The normalized spacial score (nSPS) is 30.2. The minimum atomic E-state index is -0.116. The number of aliphatic hydroxyl groups is 1. The molecule has 2 unspecified atom stereocenters. The molecule has 12 heavy (non-hydrogen) atoms. The van der Waals surface area contributed by atoms with Crippen molar-refractivity contribution in [3.63, 3.8) is 0 Å². The van der Waals surface area contributed by atoms with Gasteiger partial charge in [0.2, 0.25) is 0 Å². The molecule has 0 bridgehead atoms. The lowest BCUT2D eigenvalue weighted by Gasteiger charge is -2.28. The summed E-state index contributed by atoms with van der Waals surface area (Å²) in [5.74, 6) is 0.395. The van der Waals surface area contributed by atoms with Gasteiger partial charge in [0.1, 0.15) is 0 Å². The number of aliphatic hydroxyl groups excluding tert-OH is 1. The van der Waals surface area contributed by atoms with E-state index in [1.54, 1.807) is 0 Å². The smallest absolute Gasteiger partial charge is 0.0595 e. The summed E-state index contributed by atoms with van der Waals surface area (Å²) < 4.78 is 0. The molecular formula is C10H19NO. The first kappa shape index (κ1) is 9.75. The Kier molecular flexibility index (Phi) is 3.76. The van der Waals surface area contributed by atoms with Crippen LogP contribution < -0.4 is 5.32 Å². The highest BCUT2D eigenvalue weighted by Gasteiger charge is 2.22. The summed E-state index contributed by atoms with van der Waals surface area (Å²) in [5, 5.41) is 12.9. The van der Waals surface area contributed by atoms with E-state index in [9.17, 15) is 5.11 Å². The Balaban J connectivity index is 2.33. The molecule has 0 aromatic heterocycles. The summed E-state index contributed by atoms with van der Waals surface area (Å²) in [5.41, 5.74) is 1.25. The molecular weight excluding hydrogens is 150 g/mol. The molecule has 1 heterocycles. The summed E-state index contributed by atoms with van der Waals surface area (Å²) in [6.45, 7) is 7.98. The molecule has 2 heteroatoms. The molecule has 0 aromatic rings. The maximum absolute atomic E-state index is 9.63. The van der Waals surface area contributed by atoms with E-state index in [0.717, 1.165) is 32.4 Å². The van der Waals surface area contributed by atoms with Crippen molar-refractivity contribution < 1.29 is 5.11 Å². The van der Waals surface area contributed by atoms with Gasteiger partial charge in [-0.05, 0) is 25.8 Å². The Labute approximate surface area is 74.7 Å². The maximum atomic E-state index is 9.63. The number of nitrogens with one attached hydrogen (secondary N) is 1. The predicted molar refractivity (Wildman–Crippen MR) is 51.0 cm³/mol. The van der Waals surface area contributed by atoms with Crippen LogP contribution in [0.1, 0.15) is 26.2 Å². The molecule has 0 saturated carbocycles. The van der Waals surface area contributed by atoms with Gasteiger partial charge >= 0.3 is 0 Å². The second-order valence-corrected chi connectivity index (χ2v) is 3.63. The molecule has 70 valence electrons. The van der Waals surface area contributed by atoms with Crippen LogP contribution in [-0.4, -0.2) is 24.3 Å². The molecule has 0 radical (unpaired) electrons. The zero-order valence-corrected chi connectivity index (χ0v) is 7.84. The Morgan fingerprint density at radius 3 is 3.00 bits per heavy atom. The van der Waals surface area contributed by atoms with Gasteiger partial charge in [-0.15, -0.1) is 0 Å². The Hall–Kier alpha value is -0.340. The highest BCUT2D eigenvalue weighted by molar-refractivity contribution is 4.97. The van der Waals surface area contributed by atoms with E-state index < -0.39 is 0 Å². The summed E-state index contributed by atoms with van der Waals surface area (Å²) >= 11 is 0. The lowest BCUT2D eigenvalue weighted by Crippen LogP contribution is -2.39. The SMILES string of the molecule is C=C(CC)CC1CNCCC1O. The molecule has 0 spiro atoms. The number of hydrogen-bond donors (Lipinski definition) is 2. The lowest BCUT2D eigenvalue weighted by atomic mass is 9.89. The topological polar surface area (TPSA) is 32.3 Å². The fourth-order valence-corrected chi connectivity index (χ4v) is 1.63. The number of allylic oxidation sites excluding steroid dienone is 1. The van der Waals surface area contributed by atoms with Gasteiger partial charge in [0.25, 0.3) is 0 Å². The Morgan fingerprint density at radius 1 is 1.67 bits per heavy atom. The van der Waals surface area contributed by atoms with Crippen molar-refractivity contribution in [2.75, 3.05) is 13.1 Å². The van der Waals surface area contributed by atoms with Crippen molar-refractivity contribution in [1.82, 2.24) is 5.32 Å². The van der Waals surface area contributed by atoms with E-state index in [4.69, 9.17) is 0 Å². The highest BCUT2D eigenvalue weighted by atomic mass is 16.3. The van der Waals surface area contributed by atoms with Crippen LogP contribution in [0.25, 0.3) is 0 Å². The fourth-order valence-electron chi connectivity index (χ4n) is 1.63. The van der Waals surface area contributed by atoms with Crippen LogP contribution in [-0.2, 0) is 0 Å². The van der Waals surface area contributed by atoms with Crippen molar-refractivity contribution in [1.29, 1.82) is 0 Å². The lowest BCUT2D eigenvalue weighted by molar-refractivity contribution is 0.0789. The van der Waals surface area contributed by atoms with Crippen LogP contribution in [0.15, 0.2) is 12.2 Å². The number of hydrogen-bond acceptors (Lipinski definition) is 2. The molecule has 1 rings (SSSR count). The molecule has 1 fully saturated rings. The van der Waals surface area contributed by atoms with Crippen LogP contribution in [0.2, 0.25) is 0 Å². The summed E-state index contributed by atoms with van der Waals surface area (Å²) in [6.07, 6.45) is 2.78. The van der Waals surface area contributed by atoms with E-state index in [1.165, 1.54) is 5.57 Å². The summed E-state index contributed by atoms with van der Waals surface area (Å²) in [7, 11) is 0. The van der Waals surface area contributed by atoms with Crippen LogP contribution >= 0.6 is 0 Å². The predicted octanol–water partition coefficient (Wildman–Crippen LogP) is 1.31. The molecule has 1 saturated heterocycles. The average Bonchev–Trinajstić information content (AvgIpc) is 2.09. The van der Waals surface area contributed by atoms with E-state index >= 15 is 0 Å². The van der Waals surface area contributed by atoms with Gasteiger partial charge in [0, 0.05) is 12.5 Å². The third-order valence-corrected chi connectivity index (χ3v) is 2.62. The Morgan fingerprint density at radius 2 is 2.42 bits per heavy atom. The van der Waals surface area contributed by atoms with E-state index in [1.807, 2.05) is 0 Å². The van der Waals surface area contributed by atoms with E-state index in [0.29, 0.717) is 5.92 Å². The van der Waals surface area contributed by atoms with Crippen LogP contribution in [0.4, 0.5) is 0 Å². The fraction of sp³-hybridized carbons (Fsp3) is 0.800. The molecule has 1 aliphatic heterocycles. The molecule has 2 atom stereocenters. The molecule has 2 N–H and O–H groups in total. The van der Waals surface area contributed by atoms with Crippen molar-refractivity contribution >= 4 is 0 Å². The van der Waals surface area contributed by atoms with E-state index in [-0.39, 0.29) is 6.10 Å². The van der Waals surface area contributed by atoms with Gasteiger partial charge in [0.05, 0.1) is 6.10 Å². The molecule has 0 amide bonds. The quantitative estimate of drug-likeness (QED) is 0.624. The van der Waals surface area contributed by atoms with E-state index in [2.05, 4.69) is 18.8 Å². The minimum absolute atomic E-state index is 0.116. The van der Waals surface area contributed by atoms with Crippen LogP contribution in [0.3, 0.4) is 0 Å². The zero-order valence-electron chi connectivity index (χ0n) is 7.84. The minimum Gasteiger partial charge on any atom is -0.393 e.